The van der Waals surface area contributed by atoms with E-state index in [1.807, 2.05) is 11.8 Å². The molecule has 10 rings (SSSR count). The maximum atomic E-state index is 2.75. The zero-order valence-electron chi connectivity index (χ0n) is 31.8. The van der Waals surface area contributed by atoms with Gasteiger partial charge in [-0.2, -0.15) is 0 Å². The quantitative estimate of drug-likeness (QED) is 0.164. The van der Waals surface area contributed by atoms with Crippen LogP contribution in [0.4, 0.5) is 0 Å². The molecule has 0 aromatic heterocycles. The minimum absolute atomic E-state index is 0.0819. The van der Waals surface area contributed by atoms with Crippen LogP contribution in [0.15, 0.2) is 185 Å². The first kappa shape index (κ1) is 34.2. The van der Waals surface area contributed by atoms with E-state index in [1.54, 1.807) is 0 Å². The standard InChI is InChI=1S/C53H47NS/c1-53(2)50-34-42(24-31-48(50)49-32-30-46(35-51(49)53)55-52-18-10-16-40-14-8-9-17-47(40)52)39-21-27-44(28-22-39)54(45-29-23-37-13-6-7-15-41(37)33-45)43-25-19-38(20-26-43)36-11-4-3-5-12-36/h3-11,13-22,24-25,27,30-36,43-44H,12,23,26,28-29H2,1-2H3. The van der Waals surface area contributed by atoms with E-state index in [4.69, 9.17) is 0 Å². The highest BCUT2D eigenvalue weighted by atomic mass is 32.2. The lowest BCUT2D eigenvalue weighted by Gasteiger charge is -2.42. The number of allylic oxidation sites excluding steroid dienone is 9. The summed E-state index contributed by atoms with van der Waals surface area (Å²) in [5, 5.41) is 2.60. The van der Waals surface area contributed by atoms with E-state index in [2.05, 4.69) is 189 Å². The van der Waals surface area contributed by atoms with E-state index < -0.39 is 0 Å². The molecule has 0 aliphatic heterocycles. The molecule has 3 unspecified atom stereocenters. The van der Waals surface area contributed by atoms with Crippen molar-refractivity contribution in [1.82, 2.24) is 4.90 Å². The molecule has 0 radical (unpaired) electrons. The average molecular weight is 730 g/mol. The highest BCUT2D eigenvalue weighted by molar-refractivity contribution is 7.99. The van der Waals surface area contributed by atoms with Crippen molar-refractivity contribution in [2.45, 2.75) is 73.2 Å². The van der Waals surface area contributed by atoms with Crippen molar-refractivity contribution in [3.8, 4) is 11.1 Å². The molecule has 5 aliphatic carbocycles. The van der Waals surface area contributed by atoms with Gasteiger partial charge in [0.15, 0.2) is 0 Å². The number of rotatable bonds is 7. The molecule has 5 aromatic rings. The van der Waals surface area contributed by atoms with Gasteiger partial charge in [-0.05, 0) is 123 Å². The molecule has 0 fully saturated rings. The lowest BCUT2D eigenvalue weighted by atomic mass is 9.81. The van der Waals surface area contributed by atoms with Gasteiger partial charge in [0.25, 0.3) is 0 Å². The molecular formula is C53H47NS. The summed E-state index contributed by atoms with van der Waals surface area (Å²) < 4.78 is 0. The van der Waals surface area contributed by atoms with E-state index >= 15 is 0 Å². The SMILES string of the molecule is CC1(C)c2cc(Sc3cccc4ccccc34)ccc2-c2ccc(C3=CCC(N(C4=Cc5ccccc5CC4)C4C=CC(C5C=CC=CC5)=CC4)C=C3)cc21. The van der Waals surface area contributed by atoms with Crippen molar-refractivity contribution in [3.05, 3.63) is 203 Å². The fraction of sp³-hybridized carbons (Fsp3) is 0.208. The third-order valence-corrected chi connectivity index (χ3v) is 13.7. The molecule has 3 atom stereocenters. The molecule has 0 spiro atoms. The van der Waals surface area contributed by atoms with E-state index in [0.29, 0.717) is 18.0 Å². The van der Waals surface area contributed by atoms with Crippen LogP contribution in [0.25, 0.3) is 33.5 Å². The topological polar surface area (TPSA) is 3.24 Å². The summed E-state index contributed by atoms with van der Waals surface area (Å²) in [6.07, 6.45) is 31.6. The molecule has 2 heteroatoms. The zero-order valence-corrected chi connectivity index (χ0v) is 32.6. The van der Waals surface area contributed by atoms with Gasteiger partial charge >= 0.3 is 0 Å². The van der Waals surface area contributed by atoms with Gasteiger partial charge < -0.3 is 4.90 Å². The second-order valence-corrected chi connectivity index (χ2v) is 17.4. The first-order chi connectivity index (χ1) is 27.0. The number of nitrogens with zero attached hydrogens (tertiary/aromatic N) is 1. The number of hydrogen-bond donors (Lipinski definition) is 0. The van der Waals surface area contributed by atoms with Crippen LogP contribution in [0.3, 0.4) is 0 Å². The summed E-state index contributed by atoms with van der Waals surface area (Å²) in [5.41, 5.74) is 13.9. The maximum Gasteiger partial charge on any atom is 0.0514 e. The lowest BCUT2D eigenvalue weighted by molar-refractivity contribution is 0.238. The normalized spacial score (nSPS) is 21.7. The average Bonchev–Trinajstić information content (AvgIpc) is 3.46. The molecule has 1 nitrogen and oxygen atoms in total. The van der Waals surface area contributed by atoms with Gasteiger partial charge in [-0.15, -0.1) is 0 Å². The van der Waals surface area contributed by atoms with E-state index in [0.717, 1.165) is 32.1 Å². The van der Waals surface area contributed by atoms with Gasteiger partial charge in [-0.1, -0.05) is 165 Å². The highest BCUT2D eigenvalue weighted by Crippen LogP contribution is 2.51. The van der Waals surface area contributed by atoms with Gasteiger partial charge in [0.05, 0.1) is 12.1 Å². The Morgan fingerprint density at radius 1 is 0.673 bits per heavy atom. The third kappa shape index (κ3) is 6.31. The molecular weight excluding hydrogens is 683 g/mol. The van der Waals surface area contributed by atoms with Crippen LogP contribution < -0.4 is 0 Å². The molecule has 0 N–H and O–H groups in total. The molecule has 55 heavy (non-hydrogen) atoms. The van der Waals surface area contributed by atoms with Gasteiger partial charge in [0.2, 0.25) is 0 Å². The minimum Gasteiger partial charge on any atom is -0.361 e. The Morgan fingerprint density at radius 3 is 2.27 bits per heavy atom. The third-order valence-electron chi connectivity index (χ3n) is 12.6. The lowest BCUT2D eigenvalue weighted by Crippen LogP contribution is -2.42. The Labute approximate surface area is 330 Å². The van der Waals surface area contributed by atoms with E-state index in [9.17, 15) is 0 Å². The molecule has 5 aliphatic rings. The second kappa shape index (κ2) is 14.1. The monoisotopic (exact) mass is 729 g/mol. The highest BCUT2D eigenvalue weighted by Gasteiger charge is 2.36. The van der Waals surface area contributed by atoms with Crippen molar-refractivity contribution in [2.75, 3.05) is 0 Å². The fourth-order valence-electron chi connectivity index (χ4n) is 9.63. The predicted molar refractivity (Wildman–Crippen MR) is 234 cm³/mol. The summed E-state index contributed by atoms with van der Waals surface area (Å²) in [5.74, 6) is 0.498. The van der Waals surface area contributed by atoms with Crippen LogP contribution in [0.1, 0.15) is 67.3 Å². The molecule has 0 amide bonds. The first-order valence-corrected chi connectivity index (χ1v) is 20.9. The van der Waals surface area contributed by atoms with Crippen LogP contribution in [0, 0.1) is 5.92 Å². The Kier molecular flexibility index (Phi) is 8.75. The first-order valence-electron chi connectivity index (χ1n) is 20.1. The van der Waals surface area contributed by atoms with Gasteiger partial charge in [0.1, 0.15) is 0 Å². The maximum absolute atomic E-state index is 2.75. The predicted octanol–water partition coefficient (Wildman–Crippen LogP) is 13.7. The molecule has 0 saturated carbocycles. The fourth-order valence-corrected chi connectivity index (χ4v) is 10.6. The Bertz CT molecular complexity index is 2550. The van der Waals surface area contributed by atoms with Crippen molar-refractivity contribution in [3.63, 3.8) is 0 Å². The molecule has 0 saturated heterocycles. The van der Waals surface area contributed by atoms with Crippen molar-refractivity contribution in [1.29, 1.82) is 0 Å². The molecule has 0 heterocycles. The zero-order chi connectivity index (χ0) is 36.9. The Balaban J connectivity index is 0.907. The summed E-state index contributed by atoms with van der Waals surface area (Å²) in [6, 6.07) is 39.2. The van der Waals surface area contributed by atoms with Crippen molar-refractivity contribution in [2.24, 2.45) is 5.92 Å². The number of fused-ring (bicyclic) bond motifs is 5. The smallest absolute Gasteiger partial charge is 0.0514 e. The van der Waals surface area contributed by atoms with Crippen LogP contribution in [0.5, 0.6) is 0 Å². The molecule has 270 valence electrons. The summed E-state index contributed by atoms with van der Waals surface area (Å²) in [6.45, 7) is 4.81. The molecule has 5 aromatic carbocycles. The largest absolute Gasteiger partial charge is 0.361 e. The summed E-state index contributed by atoms with van der Waals surface area (Å²) in [4.78, 5) is 5.35. The van der Waals surface area contributed by atoms with Gasteiger partial charge in [-0.25, -0.2) is 0 Å². The van der Waals surface area contributed by atoms with Crippen LogP contribution in [-0.4, -0.2) is 17.0 Å². The molecule has 0 bridgehead atoms. The van der Waals surface area contributed by atoms with Crippen LogP contribution >= 0.6 is 11.8 Å². The number of hydrogen-bond acceptors (Lipinski definition) is 2. The Morgan fingerprint density at radius 2 is 1.45 bits per heavy atom. The summed E-state index contributed by atoms with van der Waals surface area (Å²) >= 11 is 1.88. The van der Waals surface area contributed by atoms with E-state index in [1.165, 1.54) is 76.4 Å². The summed E-state index contributed by atoms with van der Waals surface area (Å²) in [7, 11) is 0. The van der Waals surface area contributed by atoms with Crippen LogP contribution in [-0.2, 0) is 11.8 Å². The van der Waals surface area contributed by atoms with E-state index in [-0.39, 0.29) is 5.41 Å². The number of benzene rings is 5. The van der Waals surface area contributed by atoms with Gasteiger partial charge in [0, 0.05) is 26.8 Å². The minimum atomic E-state index is -0.0819. The second-order valence-electron chi connectivity index (χ2n) is 16.3. The van der Waals surface area contributed by atoms with Gasteiger partial charge in [-0.3, -0.25) is 0 Å². The Hall–Kier alpha value is -5.31. The van der Waals surface area contributed by atoms with Crippen molar-refractivity contribution >= 4 is 34.2 Å². The van der Waals surface area contributed by atoms with Crippen molar-refractivity contribution < 1.29 is 0 Å². The van der Waals surface area contributed by atoms with Crippen LogP contribution in [0.2, 0.25) is 0 Å². The number of aryl methyl sites for hydroxylation is 1.